The predicted octanol–water partition coefficient (Wildman–Crippen LogP) is 0.552. The number of nitrogens with zero attached hydrogens (tertiary/aromatic N) is 1. The molecule has 3 unspecified atom stereocenters. The molecule has 4 nitrogen and oxygen atoms in total. The molecule has 2 N–H and O–H groups in total. The van der Waals surface area contributed by atoms with Crippen LogP contribution in [0.2, 0.25) is 0 Å². The van der Waals surface area contributed by atoms with Crippen LogP contribution in [0.25, 0.3) is 0 Å². The Balaban J connectivity index is 2.56. The molecule has 1 heterocycles. The lowest BCUT2D eigenvalue weighted by Gasteiger charge is -2.37. The highest BCUT2D eigenvalue weighted by Crippen LogP contribution is 2.19. The molecule has 1 rings (SSSR count). The molecule has 1 aliphatic heterocycles. The van der Waals surface area contributed by atoms with Gasteiger partial charge >= 0.3 is 5.97 Å². The summed E-state index contributed by atoms with van der Waals surface area (Å²) in [7, 11) is 0. The van der Waals surface area contributed by atoms with Gasteiger partial charge in [0.05, 0.1) is 6.10 Å². The maximum atomic E-state index is 10.9. The zero-order valence-corrected chi connectivity index (χ0v) is 8.81. The van der Waals surface area contributed by atoms with Gasteiger partial charge in [-0.3, -0.25) is 9.69 Å². The number of hydrogen-bond donors (Lipinski definition) is 2. The summed E-state index contributed by atoms with van der Waals surface area (Å²) in [5, 5.41) is 18.6. The summed E-state index contributed by atoms with van der Waals surface area (Å²) in [6.45, 7) is 5.14. The van der Waals surface area contributed by atoms with Crippen LogP contribution in [0.5, 0.6) is 0 Å². The third-order valence-corrected chi connectivity index (χ3v) is 3.06. The topological polar surface area (TPSA) is 60.8 Å². The number of carboxylic acids is 1. The van der Waals surface area contributed by atoms with E-state index in [2.05, 4.69) is 0 Å². The van der Waals surface area contributed by atoms with Crippen molar-refractivity contribution in [3.8, 4) is 0 Å². The molecule has 0 spiro atoms. The van der Waals surface area contributed by atoms with Crippen LogP contribution < -0.4 is 0 Å². The molecule has 4 heteroatoms. The van der Waals surface area contributed by atoms with E-state index in [0.29, 0.717) is 13.0 Å². The largest absolute Gasteiger partial charge is 0.480 e. The van der Waals surface area contributed by atoms with Gasteiger partial charge in [-0.15, -0.1) is 0 Å². The molecular weight excluding hydrogens is 182 g/mol. The van der Waals surface area contributed by atoms with E-state index in [1.54, 1.807) is 0 Å². The molecule has 0 bridgehead atoms. The molecule has 0 aromatic heterocycles. The number of carboxylic acid groups (broad SMARTS) is 1. The number of carbonyl (C=O) groups is 1. The Kier molecular flexibility index (Phi) is 3.89. The molecule has 1 saturated heterocycles. The van der Waals surface area contributed by atoms with E-state index in [1.165, 1.54) is 0 Å². The summed E-state index contributed by atoms with van der Waals surface area (Å²) in [6.07, 6.45) is 1.10. The van der Waals surface area contributed by atoms with Crippen LogP contribution in [0.3, 0.4) is 0 Å². The Bertz CT molecular complexity index is 208. The number of β-amino-alcohol motifs (C(OH)–C–C–N with tert-alkyl or cyclic N) is 1. The summed E-state index contributed by atoms with van der Waals surface area (Å²) in [6, 6.07) is -0.433. The lowest BCUT2D eigenvalue weighted by Crippen LogP contribution is -2.50. The normalized spacial score (nSPS) is 31.4. The van der Waals surface area contributed by atoms with Crippen molar-refractivity contribution in [2.45, 2.75) is 38.8 Å². The fourth-order valence-electron chi connectivity index (χ4n) is 1.95. The first kappa shape index (κ1) is 11.5. The first-order valence-electron chi connectivity index (χ1n) is 5.21. The van der Waals surface area contributed by atoms with Crippen LogP contribution >= 0.6 is 0 Å². The van der Waals surface area contributed by atoms with Crippen molar-refractivity contribution in [1.29, 1.82) is 0 Å². The van der Waals surface area contributed by atoms with E-state index in [0.717, 1.165) is 13.0 Å². The fourth-order valence-corrected chi connectivity index (χ4v) is 1.95. The quantitative estimate of drug-likeness (QED) is 0.700. The number of aliphatic hydroxyl groups excluding tert-OH is 1. The maximum Gasteiger partial charge on any atom is 0.320 e. The summed E-state index contributed by atoms with van der Waals surface area (Å²) >= 11 is 0. The fraction of sp³-hybridized carbons (Fsp3) is 0.900. The van der Waals surface area contributed by atoms with Crippen LogP contribution in [0.15, 0.2) is 0 Å². The molecule has 82 valence electrons. The number of hydrogen-bond acceptors (Lipinski definition) is 3. The van der Waals surface area contributed by atoms with Crippen molar-refractivity contribution in [3.05, 3.63) is 0 Å². The minimum atomic E-state index is -0.783. The number of likely N-dealkylation sites (tertiary alicyclic amines) is 1. The van der Waals surface area contributed by atoms with Gasteiger partial charge in [-0.1, -0.05) is 13.8 Å². The van der Waals surface area contributed by atoms with Gasteiger partial charge in [-0.2, -0.15) is 0 Å². The van der Waals surface area contributed by atoms with Crippen molar-refractivity contribution < 1.29 is 15.0 Å². The van der Waals surface area contributed by atoms with Gasteiger partial charge in [-0.05, 0) is 25.3 Å². The Hall–Kier alpha value is -0.610. The molecule has 14 heavy (non-hydrogen) atoms. The van der Waals surface area contributed by atoms with Gasteiger partial charge in [0.2, 0.25) is 0 Å². The number of rotatable bonds is 3. The van der Waals surface area contributed by atoms with Gasteiger partial charge < -0.3 is 10.2 Å². The zero-order chi connectivity index (χ0) is 10.7. The second kappa shape index (κ2) is 4.75. The third kappa shape index (κ3) is 2.45. The molecule has 1 aliphatic rings. The number of aliphatic carboxylic acids is 1. The second-order valence-corrected chi connectivity index (χ2v) is 4.09. The van der Waals surface area contributed by atoms with Crippen LogP contribution in [0, 0.1) is 5.92 Å². The summed E-state index contributed by atoms with van der Waals surface area (Å²) in [4.78, 5) is 12.8. The molecule has 3 atom stereocenters. The molecule has 1 fully saturated rings. The molecule has 0 amide bonds. The average Bonchev–Trinajstić information content (AvgIpc) is 2.11. The van der Waals surface area contributed by atoms with Crippen molar-refractivity contribution >= 4 is 5.97 Å². The Morgan fingerprint density at radius 2 is 2.29 bits per heavy atom. The van der Waals surface area contributed by atoms with Gasteiger partial charge in [-0.25, -0.2) is 0 Å². The van der Waals surface area contributed by atoms with Crippen molar-refractivity contribution in [1.82, 2.24) is 4.90 Å². The lowest BCUT2D eigenvalue weighted by molar-refractivity contribution is -0.145. The average molecular weight is 201 g/mol. The van der Waals surface area contributed by atoms with E-state index in [-0.39, 0.29) is 12.0 Å². The standard InChI is InChI=1S/C10H19NO3/c1-3-8(10(13)14)11-5-4-7(2)9(12)6-11/h7-9,12H,3-6H2,1-2H3,(H,13,14). The summed E-state index contributed by atoms with van der Waals surface area (Å²) < 4.78 is 0. The van der Waals surface area contributed by atoms with E-state index in [4.69, 9.17) is 5.11 Å². The molecule has 0 aromatic carbocycles. The minimum Gasteiger partial charge on any atom is -0.480 e. The summed E-state index contributed by atoms with van der Waals surface area (Å²) in [5.41, 5.74) is 0. The van der Waals surface area contributed by atoms with Gasteiger partial charge in [0.1, 0.15) is 6.04 Å². The minimum absolute atomic E-state index is 0.289. The van der Waals surface area contributed by atoms with E-state index < -0.39 is 12.0 Å². The summed E-state index contributed by atoms with van der Waals surface area (Å²) in [5.74, 6) is -0.494. The van der Waals surface area contributed by atoms with Crippen LogP contribution in [0.4, 0.5) is 0 Å². The van der Waals surface area contributed by atoms with E-state index in [9.17, 15) is 9.90 Å². The smallest absolute Gasteiger partial charge is 0.320 e. The Labute approximate surface area is 84.5 Å². The van der Waals surface area contributed by atoms with Crippen LogP contribution in [0.1, 0.15) is 26.7 Å². The van der Waals surface area contributed by atoms with Gasteiger partial charge in [0.15, 0.2) is 0 Å². The molecule has 0 aliphatic carbocycles. The van der Waals surface area contributed by atoms with E-state index in [1.807, 2.05) is 18.7 Å². The van der Waals surface area contributed by atoms with Crippen molar-refractivity contribution in [2.24, 2.45) is 5.92 Å². The zero-order valence-electron chi connectivity index (χ0n) is 8.81. The van der Waals surface area contributed by atoms with Crippen LogP contribution in [-0.4, -0.2) is 46.3 Å². The molecule has 0 radical (unpaired) electrons. The first-order valence-corrected chi connectivity index (χ1v) is 5.21. The van der Waals surface area contributed by atoms with Gasteiger partial charge in [0.25, 0.3) is 0 Å². The first-order chi connectivity index (χ1) is 6.56. The van der Waals surface area contributed by atoms with Crippen LogP contribution in [-0.2, 0) is 4.79 Å². The molecule has 0 saturated carbocycles. The highest BCUT2D eigenvalue weighted by atomic mass is 16.4. The third-order valence-electron chi connectivity index (χ3n) is 3.06. The number of piperidine rings is 1. The van der Waals surface area contributed by atoms with Gasteiger partial charge in [0, 0.05) is 6.54 Å². The van der Waals surface area contributed by atoms with E-state index >= 15 is 0 Å². The number of aliphatic hydroxyl groups is 1. The predicted molar refractivity (Wildman–Crippen MR) is 53.1 cm³/mol. The second-order valence-electron chi connectivity index (χ2n) is 4.09. The monoisotopic (exact) mass is 201 g/mol. The van der Waals surface area contributed by atoms with Crippen molar-refractivity contribution in [3.63, 3.8) is 0 Å². The molecule has 0 aromatic rings. The highest BCUT2D eigenvalue weighted by molar-refractivity contribution is 5.73. The maximum absolute atomic E-state index is 10.9. The van der Waals surface area contributed by atoms with Crippen molar-refractivity contribution in [2.75, 3.05) is 13.1 Å². The SMILES string of the molecule is CCC(C(=O)O)N1CCC(C)C(O)C1. The molecular formula is C10H19NO3. The Morgan fingerprint density at radius 1 is 1.64 bits per heavy atom. The lowest BCUT2D eigenvalue weighted by atomic mass is 9.94. The highest BCUT2D eigenvalue weighted by Gasteiger charge is 2.31. The Morgan fingerprint density at radius 3 is 2.71 bits per heavy atom.